The van der Waals surface area contributed by atoms with Crippen LogP contribution < -0.4 is 0 Å². The topological polar surface area (TPSA) is 119 Å². The fourth-order valence-electron chi connectivity index (χ4n) is 4.98. The monoisotopic (exact) mass is 746 g/mol. The van der Waals surface area contributed by atoms with Crippen molar-refractivity contribution in [3.05, 3.63) is 85.1 Å². The number of unbranched alkanes of at least 4 members (excludes halogenated alkanes) is 12. The van der Waals surface area contributed by atoms with Crippen LogP contribution in [0.2, 0.25) is 0 Å². The second-order valence-corrected chi connectivity index (χ2v) is 14.1. The van der Waals surface area contributed by atoms with E-state index in [9.17, 15) is 14.2 Å². The van der Waals surface area contributed by atoms with Crippen LogP contribution in [0.3, 0.4) is 0 Å². The van der Waals surface area contributed by atoms with Crippen molar-refractivity contribution in [3.8, 4) is 0 Å². The van der Waals surface area contributed by atoms with Crippen LogP contribution in [-0.4, -0.2) is 41.0 Å². The van der Waals surface area contributed by atoms with Gasteiger partial charge in [-0.25, -0.2) is 4.57 Å². The number of carbonyl (C=O) groups excluding carboxylic acids is 2. The van der Waals surface area contributed by atoms with Crippen molar-refractivity contribution in [3.63, 3.8) is 0 Å². The molecule has 0 radical (unpaired) electrons. The summed E-state index contributed by atoms with van der Waals surface area (Å²) in [7, 11) is -4.77. The van der Waals surface area contributed by atoms with Crippen molar-refractivity contribution < 1.29 is 37.9 Å². The van der Waals surface area contributed by atoms with E-state index in [1.165, 1.54) is 25.7 Å². The zero-order valence-electron chi connectivity index (χ0n) is 32.4. The molecule has 0 amide bonds. The van der Waals surface area contributed by atoms with E-state index in [1.807, 2.05) is 0 Å². The Labute approximate surface area is 316 Å². The van der Waals surface area contributed by atoms with Gasteiger partial charge in [0.1, 0.15) is 6.61 Å². The summed E-state index contributed by atoms with van der Waals surface area (Å²) in [6.45, 7) is 3.49. The van der Waals surface area contributed by atoms with Gasteiger partial charge >= 0.3 is 19.8 Å². The van der Waals surface area contributed by atoms with Crippen molar-refractivity contribution >= 4 is 19.8 Å². The molecule has 0 aromatic carbocycles. The zero-order valence-corrected chi connectivity index (χ0v) is 33.3. The molecular weight excluding hydrogens is 675 g/mol. The van der Waals surface area contributed by atoms with Gasteiger partial charge in [0.25, 0.3) is 0 Å². The maximum absolute atomic E-state index is 12.4. The number of allylic oxidation sites excluding steroid dienone is 14. The lowest BCUT2D eigenvalue weighted by Crippen LogP contribution is -2.29. The summed E-state index contributed by atoms with van der Waals surface area (Å²) >= 11 is 0. The molecule has 0 fully saturated rings. The molecule has 52 heavy (non-hydrogen) atoms. The number of rotatable bonds is 35. The van der Waals surface area contributed by atoms with Crippen LogP contribution in [0.1, 0.15) is 155 Å². The summed E-state index contributed by atoms with van der Waals surface area (Å²) in [6.07, 6.45) is 50.1. The molecule has 9 heteroatoms. The molecule has 0 saturated heterocycles. The molecule has 0 unspecified atom stereocenters. The van der Waals surface area contributed by atoms with Crippen LogP contribution >= 0.6 is 7.82 Å². The Morgan fingerprint density at radius 2 is 0.981 bits per heavy atom. The fourth-order valence-corrected chi connectivity index (χ4v) is 5.34. The minimum atomic E-state index is -4.77. The van der Waals surface area contributed by atoms with Crippen LogP contribution in [0.25, 0.3) is 0 Å². The van der Waals surface area contributed by atoms with Crippen molar-refractivity contribution in [2.24, 2.45) is 0 Å². The summed E-state index contributed by atoms with van der Waals surface area (Å²) in [5, 5.41) is 0. The molecule has 0 saturated carbocycles. The number of ether oxygens (including phenoxy) is 2. The average molecular weight is 747 g/mol. The Hall–Kier alpha value is -2.77. The Bertz CT molecular complexity index is 1110. The van der Waals surface area contributed by atoms with Crippen LogP contribution in [0.4, 0.5) is 0 Å². The highest BCUT2D eigenvalue weighted by atomic mass is 31.2. The first-order chi connectivity index (χ1) is 25.3. The maximum Gasteiger partial charge on any atom is 0.469 e. The molecule has 1 atom stereocenters. The van der Waals surface area contributed by atoms with Gasteiger partial charge in [0.05, 0.1) is 6.61 Å². The molecule has 2 N–H and O–H groups in total. The Morgan fingerprint density at radius 3 is 1.52 bits per heavy atom. The highest BCUT2D eigenvalue weighted by molar-refractivity contribution is 7.46. The smallest absolute Gasteiger partial charge is 0.462 e. The fraction of sp³-hybridized carbons (Fsp3) is 0.628. The van der Waals surface area contributed by atoms with Gasteiger partial charge in [0.15, 0.2) is 6.10 Å². The minimum Gasteiger partial charge on any atom is -0.462 e. The van der Waals surface area contributed by atoms with E-state index < -0.39 is 32.5 Å². The number of hydrogen-bond donors (Lipinski definition) is 2. The number of phosphoric ester groups is 1. The van der Waals surface area contributed by atoms with Gasteiger partial charge in [-0.2, -0.15) is 0 Å². The molecule has 0 aliphatic rings. The van der Waals surface area contributed by atoms with Gasteiger partial charge in [-0.05, 0) is 83.5 Å². The Morgan fingerprint density at radius 1 is 0.538 bits per heavy atom. The van der Waals surface area contributed by atoms with E-state index in [4.69, 9.17) is 19.3 Å². The summed E-state index contributed by atoms with van der Waals surface area (Å²) in [4.78, 5) is 42.8. The molecule has 0 aromatic heterocycles. The normalized spacial score (nSPS) is 13.4. The molecule has 0 aliphatic carbocycles. The van der Waals surface area contributed by atoms with Crippen molar-refractivity contribution in [2.45, 2.75) is 161 Å². The third kappa shape index (κ3) is 40.0. The van der Waals surface area contributed by atoms with Crippen LogP contribution in [0.15, 0.2) is 85.1 Å². The molecule has 0 spiro atoms. The van der Waals surface area contributed by atoms with Gasteiger partial charge in [0, 0.05) is 12.8 Å². The maximum atomic E-state index is 12.4. The Kier molecular flexibility index (Phi) is 35.9. The first-order valence-electron chi connectivity index (χ1n) is 19.9. The van der Waals surface area contributed by atoms with E-state index in [2.05, 4.69) is 103 Å². The highest BCUT2D eigenvalue weighted by Crippen LogP contribution is 2.36. The van der Waals surface area contributed by atoms with E-state index in [0.29, 0.717) is 12.8 Å². The molecule has 296 valence electrons. The molecule has 0 bridgehead atoms. The second kappa shape index (κ2) is 38.0. The quantitative estimate of drug-likeness (QED) is 0.0216. The molecule has 0 heterocycles. The summed E-state index contributed by atoms with van der Waals surface area (Å²) in [5.74, 6) is -0.949. The van der Waals surface area contributed by atoms with Crippen LogP contribution in [-0.2, 0) is 28.2 Å². The zero-order chi connectivity index (χ0) is 38.2. The number of esters is 2. The average Bonchev–Trinajstić information content (AvgIpc) is 3.11. The van der Waals surface area contributed by atoms with E-state index in [0.717, 1.165) is 89.9 Å². The SMILES string of the molecule is CC/C=C/C/C=C/C/C=C/C/C=C/C/C=C/CCCCCC(=O)OC[C@H](COP(=O)(O)O)OC(=O)CCCCCCC/C=C/C=C/CCCCCC. The first-order valence-corrected chi connectivity index (χ1v) is 21.4. The van der Waals surface area contributed by atoms with Crippen LogP contribution in [0.5, 0.6) is 0 Å². The van der Waals surface area contributed by atoms with Gasteiger partial charge in [0.2, 0.25) is 0 Å². The van der Waals surface area contributed by atoms with Gasteiger partial charge in [-0.15, -0.1) is 0 Å². The highest BCUT2D eigenvalue weighted by Gasteiger charge is 2.22. The third-order valence-corrected chi connectivity index (χ3v) is 8.41. The largest absolute Gasteiger partial charge is 0.469 e. The van der Waals surface area contributed by atoms with Crippen molar-refractivity contribution in [1.82, 2.24) is 0 Å². The van der Waals surface area contributed by atoms with E-state index in [1.54, 1.807) is 0 Å². The minimum absolute atomic E-state index is 0.182. The third-order valence-electron chi connectivity index (χ3n) is 7.93. The van der Waals surface area contributed by atoms with Crippen molar-refractivity contribution in [1.29, 1.82) is 0 Å². The predicted octanol–water partition coefficient (Wildman–Crippen LogP) is 12.1. The number of hydrogen-bond acceptors (Lipinski definition) is 6. The molecule has 8 nitrogen and oxygen atoms in total. The summed E-state index contributed by atoms with van der Waals surface area (Å²) in [5.41, 5.74) is 0. The van der Waals surface area contributed by atoms with E-state index in [-0.39, 0.29) is 19.4 Å². The Balaban J connectivity index is 4.06. The van der Waals surface area contributed by atoms with Gasteiger partial charge in [-0.3, -0.25) is 14.1 Å². The summed E-state index contributed by atoms with van der Waals surface area (Å²) < 4.78 is 26.3. The standard InChI is InChI=1S/C43H71O8P/c1-3-5-7-9-11-13-15-17-19-20-21-22-24-25-27-29-31-33-35-37-42(44)49-39-41(40-50-52(46,47)48)51-43(45)38-36-34-32-30-28-26-23-18-16-14-12-10-8-6-4-2/h5,7,11,13-14,16-19,21-23,25,27,41H,3-4,6,8-10,12,15,20,24,26,28-40H2,1-2H3,(H2,46,47,48)/b7-5+,13-11+,16-14+,19-17+,22-21+,23-18+,27-25+/t41-/m1/s1. The molecule has 0 aromatic rings. The number of carbonyl (C=O) groups is 2. The lowest BCUT2D eigenvalue weighted by Gasteiger charge is -2.18. The lowest BCUT2D eigenvalue weighted by atomic mass is 10.1. The molecular formula is C43H71O8P. The molecule has 0 aliphatic heterocycles. The first kappa shape index (κ1) is 49.2. The number of phosphoric acid groups is 1. The van der Waals surface area contributed by atoms with Crippen molar-refractivity contribution in [2.75, 3.05) is 13.2 Å². The van der Waals surface area contributed by atoms with Crippen LogP contribution in [0, 0.1) is 0 Å². The molecule has 0 rings (SSSR count). The second-order valence-electron chi connectivity index (χ2n) is 12.9. The summed E-state index contributed by atoms with van der Waals surface area (Å²) in [6, 6.07) is 0. The van der Waals surface area contributed by atoms with Gasteiger partial charge in [-0.1, -0.05) is 144 Å². The lowest BCUT2D eigenvalue weighted by molar-refractivity contribution is -0.161. The predicted molar refractivity (Wildman–Crippen MR) is 216 cm³/mol. The van der Waals surface area contributed by atoms with Gasteiger partial charge < -0.3 is 19.3 Å². The van der Waals surface area contributed by atoms with E-state index >= 15 is 0 Å².